The molecule has 0 radical (unpaired) electrons. The highest BCUT2D eigenvalue weighted by atomic mass is 19.1. The van der Waals surface area contributed by atoms with Crippen LogP contribution in [0.5, 0.6) is 5.75 Å². The number of amides is 1. The van der Waals surface area contributed by atoms with Gasteiger partial charge in [0.2, 0.25) is 0 Å². The number of ether oxygens (including phenoxy) is 2. The maximum absolute atomic E-state index is 13.6. The summed E-state index contributed by atoms with van der Waals surface area (Å²) in [5, 5.41) is 2.65. The first-order chi connectivity index (χ1) is 14.0. The van der Waals surface area contributed by atoms with E-state index in [2.05, 4.69) is 5.32 Å². The van der Waals surface area contributed by atoms with E-state index in [0.717, 1.165) is 11.6 Å². The van der Waals surface area contributed by atoms with Crippen LogP contribution < -0.4 is 10.1 Å². The molecule has 1 atom stereocenters. The SMILES string of the molecule is C[C@H](OC(=O)c1ccccc1F)C(=O)Nc1ccc(OCc2ccccc2)cc1. The van der Waals surface area contributed by atoms with Crippen LogP contribution in [-0.2, 0) is 16.1 Å². The normalized spacial score (nSPS) is 11.4. The van der Waals surface area contributed by atoms with E-state index >= 15 is 0 Å². The molecule has 29 heavy (non-hydrogen) atoms. The standard InChI is InChI=1S/C23H20FNO4/c1-16(29-23(27)20-9-5-6-10-21(20)24)22(26)25-18-11-13-19(14-12-18)28-15-17-7-3-2-4-8-17/h2-14,16H,15H2,1H3,(H,25,26)/t16-/m0/s1. The number of esters is 1. The minimum atomic E-state index is -1.09. The smallest absolute Gasteiger partial charge is 0.341 e. The number of halogens is 1. The molecular formula is C23H20FNO4. The second-order valence-electron chi connectivity index (χ2n) is 6.32. The third kappa shape index (κ3) is 5.65. The first-order valence-electron chi connectivity index (χ1n) is 9.06. The van der Waals surface area contributed by atoms with Crippen LogP contribution in [0.3, 0.4) is 0 Å². The molecule has 0 fully saturated rings. The van der Waals surface area contributed by atoms with Crippen LogP contribution in [0.2, 0.25) is 0 Å². The Kier molecular flexibility index (Phi) is 6.58. The molecule has 0 bridgehead atoms. The molecule has 0 aliphatic carbocycles. The lowest BCUT2D eigenvalue weighted by Crippen LogP contribution is -2.30. The number of benzene rings is 3. The van der Waals surface area contributed by atoms with E-state index in [1.54, 1.807) is 24.3 Å². The summed E-state index contributed by atoms with van der Waals surface area (Å²) in [5.74, 6) is -1.45. The summed E-state index contributed by atoms with van der Waals surface area (Å²) >= 11 is 0. The van der Waals surface area contributed by atoms with Crippen molar-refractivity contribution < 1.29 is 23.5 Å². The number of carbonyl (C=O) groups excluding carboxylic acids is 2. The Morgan fingerprint density at radius 1 is 0.931 bits per heavy atom. The van der Waals surface area contributed by atoms with Gasteiger partial charge < -0.3 is 14.8 Å². The van der Waals surface area contributed by atoms with Gasteiger partial charge in [0, 0.05) is 5.69 Å². The number of anilines is 1. The van der Waals surface area contributed by atoms with Crippen molar-refractivity contribution >= 4 is 17.6 Å². The van der Waals surface area contributed by atoms with Crippen LogP contribution in [0.25, 0.3) is 0 Å². The highest BCUT2D eigenvalue weighted by Gasteiger charge is 2.21. The van der Waals surface area contributed by atoms with E-state index in [0.29, 0.717) is 18.0 Å². The van der Waals surface area contributed by atoms with Gasteiger partial charge in [0.15, 0.2) is 6.10 Å². The first-order valence-corrected chi connectivity index (χ1v) is 9.06. The van der Waals surface area contributed by atoms with Crippen molar-refractivity contribution in [2.75, 3.05) is 5.32 Å². The summed E-state index contributed by atoms with van der Waals surface area (Å²) in [5.41, 5.74) is 1.36. The highest BCUT2D eigenvalue weighted by molar-refractivity contribution is 5.97. The Balaban J connectivity index is 1.52. The zero-order chi connectivity index (χ0) is 20.6. The maximum Gasteiger partial charge on any atom is 0.341 e. The zero-order valence-corrected chi connectivity index (χ0v) is 15.8. The van der Waals surface area contributed by atoms with Gasteiger partial charge in [0.25, 0.3) is 5.91 Å². The second kappa shape index (κ2) is 9.50. The molecule has 0 saturated carbocycles. The van der Waals surface area contributed by atoms with Crippen molar-refractivity contribution in [3.63, 3.8) is 0 Å². The lowest BCUT2D eigenvalue weighted by atomic mass is 10.2. The topological polar surface area (TPSA) is 64.6 Å². The van der Waals surface area contributed by atoms with Crippen LogP contribution in [0.4, 0.5) is 10.1 Å². The quantitative estimate of drug-likeness (QED) is 0.597. The van der Waals surface area contributed by atoms with Crippen LogP contribution in [0.15, 0.2) is 78.9 Å². The van der Waals surface area contributed by atoms with E-state index in [-0.39, 0.29) is 5.56 Å². The molecule has 3 aromatic rings. The van der Waals surface area contributed by atoms with E-state index in [1.807, 2.05) is 30.3 Å². The lowest BCUT2D eigenvalue weighted by molar-refractivity contribution is -0.123. The fourth-order valence-corrected chi connectivity index (χ4v) is 2.52. The number of hydrogen-bond acceptors (Lipinski definition) is 4. The molecule has 0 aliphatic heterocycles. The fourth-order valence-electron chi connectivity index (χ4n) is 2.52. The predicted molar refractivity (Wildman–Crippen MR) is 107 cm³/mol. The maximum atomic E-state index is 13.6. The van der Waals surface area contributed by atoms with E-state index in [9.17, 15) is 14.0 Å². The van der Waals surface area contributed by atoms with Gasteiger partial charge >= 0.3 is 5.97 Å². The molecule has 0 spiro atoms. The lowest BCUT2D eigenvalue weighted by Gasteiger charge is -2.14. The number of carbonyl (C=O) groups is 2. The Morgan fingerprint density at radius 2 is 1.59 bits per heavy atom. The Bertz CT molecular complexity index is 974. The Labute approximate surface area is 168 Å². The summed E-state index contributed by atoms with van der Waals surface area (Å²) in [4.78, 5) is 24.3. The van der Waals surface area contributed by atoms with Gasteiger partial charge in [0.05, 0.1) is 5.56 Å². The molecule has 0 unspecified atom stereocenters. The monoisotopic (exact) mass is 393 g/mol. The largest absolute Gasteiger partial charge is 0.489 e. The molecule has 0 aliphatic rings. The Morgan fingerprint density at radius 3 is 2.28 bits per heavy atom. The van der Waals surface area contributed by atoms with Crippen molar-refractivity contribution in [3.8, 4) is 5.75 Å². The van der Waals surface area contributed by atoms with Gasteiger partial charge in [-0.15, -0.1) is 0 Å². The first kappa shape index (κ1) is 20.1. The molecule has 3 rings (SSSR count). The van der Waals surface area contributed by atoms with Gasteiger partial charge in [-0.3, -0.25) is 4.79 Å². The molecule has 0 saturated heterocycles. The zero-order valence-electron chi connectivity index (χ0n) is 15.8. The number of hydrogen-bond donors (Lipinski definition) is 1. The van der Waals surface area contributed by atoms with E-state index < -0.39 is 23.8 Å². The average Bonchev–Trinajstić information content (AvgIpc) is 2.74. The van der Waals surface area contributed by atoms with Gasteiger partial charge in [-0.05, 0) is 48.9 Å². The third-order valence-corrected chi connectivity index (χ3v) is 4.12. The summed E-state index contributed by atoms with van der Waals surface area (Å²) < 4.78 is 24.4. The van der Waals surface area contributed by atoms with Gasteiger partial charge in [0.1, 0.15) is 18.2 Å². The van der Waals surface area contributed by atoms with Crippen LogP contribution in [0, 0.1) is 5.82 Å². The molecule has 3 aromatic carbocycles. The van der Waals surface area contributed by atoms with Gasteiger partial charge in [-0.25, -0.2) is 9.18 Å². The third-order valence-electron chi connectivity index (χ3n) is 4.12. The van der Waals surface area contributed by atoms with E-state index in [4.69, 9.17) is 9.47 Å². The van der Waals surface area contributed by atoms with Crippen LogP contribution in [0.1, 0.15) is 22.8 Å². The number of nitrogens with one attached hydrogen (secondary N) is 1. The molecule has 1 N–H and O–H groups in total. The predicted octanol–water partition coefficient (Wildman–Crippen LogP) is 4.59. The molecule has 148 valence electrons. The molecule has 6 heteroatoms. The summed E-state index contributed by atoms with van der Waals surface area (Å²) in [6, 6.07) is 22.0. The van der Waals surface area contributed by atoms with Crippen molar-refractivity contribution in [2.45, 2.75) is 19.6 Å². The van der Waals surface area contributed by atoms with Gasteiger partial charge in [-0.2, -0.15) is 0 Å². The second-order valence-corrected chi connectivity index (χ2v) is 6.32. The highest BCUT2D eigenvalue weighted by Crippen LogP contribution is 2.18. The van der Waals surface area contributed by atoms with Crippen molar-refractivity contribution in [3.05, 3.63) is 95.8 Å². The van der Waals surface area contributed by atoms with Crippen molar-refractivity contribution in [2.24, 2.45) is 0 Å². The minimum absolute atomic E-state index is 0.216. The van der Waals surface area contributed by atoms with Crippen LogP contribution >= 0.6 is 0 Å². The average molecular weight is 393 g/mol. The minimum Gasteiger partial charge on any atom is -0.489 e. The molecule has 0 aromatic heterocycles. The molecule has 0 heterocycles. The fraction of sp³-hybridized carbons (Fsp3) is 0.130. The van der Waals surface area contributed by atoms with Gasteiger partial charge in [-0.1, -0.05) is 42.5 Å². The summed E-state index contributed by atoms with van der Waals surface area (Å²) in [6.45, 7) is 1.86. The molecular weight excluding hydrogens is 373 g/mol. The van der Waals surface area contributed by atoms with Crippen molar-refractivity contribution in [1.82, 2.24) is 0 Å². The number of rotatable bonds is 7. The van der Waals surface area contributed by atoms with Crippen LogP contribution in [-0.4, -0.2) is 18.0 Å². The molecule has 1 amide bonds. The Hall–Kier alpha value is -3.67. The summed E-state index contributed by atoms with van der Waals surface area (Å²) in [7, 11) is 0. The molecule has 5 nitrogen and oxygen atoms in total. The van der Waals surface area contributed by atoms with E-state index in [1.165, 1.54) is 25.1 Å². The van der Waals surface area contributed by atoms with Crippen molar-refractivity contribution in [1.29, 1.82) is 0 Å². The summed E-state index contributed by atoms with van der Waals surface area (Å²) in [6.07, 6.45) is -1.09.